The van der Waals surface area contributed by atoms with E-state index >= 15 is 0 Å². The van der Waals surface area contributed by atoms with Crippen LogP contribution < -0.4 is 15.0 Å². The van der Waals surface area contributed by atoms with E-state index in [1.165, 1.54) is 13.2 Å². The predicted molar refractivity (Wildman–Crippen MR) is 121 cm³/mol. The quantitative estimate of drug-likeness (QED) is 0.690. The molecule has 1 aromatic heterocycles. The van der Waals surface area contributed by atoms with Crippen LogP contribution in [0, 0.1) is 5.82 Å². The lowest BCUT2D eigenvalue weighted by atomic mass is 9.84. The molecule has 0 bridgehead atoms. The number of carbonyl (C=O) groups excluding carboxylic acids is 2. The molecule has 2 amide bonds. The number of benzene rings is 1. The van der Waals surface area contributed by atoms with Gasteiger partial charge in [0.15, 0.2) is 0 Å². The number of anilines is 1. The van der Waals surface area contributed by atoms with Crippen molar-refractivity contribution in [3.05, 3.63) is 48.0 Å². The highest BCUT2D eigenvalue weighted by Gasteiger charge is 2.39. The van der Waals surface area contributed by atoms with E-state index in [0.717, 1.165) is 13.0 Å². The van der Waals surface area contributed by atoms with Crippen LogP contribution in [-0.2, 0) is 16.0 Å². The van der Waals surface area contributed by atoms with Crippen molar-refractivity contribution < 1.29 is 18.7 Å². The van der Waals surface area contributed by atoms with Crippen LogP contribution in [0.15, 0.2) is 36.7 Å². The third-order valence-corrected chi connectivity index (χ3v) is 6.52. The van der Waals surface area contributed by atoms with Crippen molar-refractivity contribution in [3.63, 3.8) is 0 Å². The maximum absolute atomic E-state index is 14.5. The monoisotopic (exact) mass is 455 g/mol. The molecule has 1 atom stereocenters. The van der Waals surface area contributed by atoms with Crippen LogP contribution in [0.4, 0.5) is 10.3 Å². The van der Waals surface area contributed by atoms with E-state index in [4.69, 9.17) is 4.74 Å². The fourth-order valence-corrected chi connectivity index (χ4v) is 4.69. The average Bonchev–Trinajstić information content (AvgIpc) is 3.04. The topological polar surface area (TPSA) is 87.7 Å². The lowest BCUT2D eigenvalue weighted by molar-refractivity contribution is -0.131. The minimum absolute atomic E-state index is 0.0532. The second-order valence-electron chi connectivity index (χ2n) is 8.73. The van der Waals surface area contributed by atoms with Gasteiger partial charge in [-0.05, 0) is 55.5 Å². The lowest BCUT2D eigenvalue weighted by Gasteiger charge is -2.31. The number of nitrogens with one attached hydrogen (secondary N) is 1. The van der Waals surface area contributed by atoms with Gasteiger partial charge in [-0.3, -0.25) is 9.59 Å². The van der Waals surface area contributed by atoms with Gasteiger partial charge in [-0.1, -0.05) is 0 Å². The minimum Gasteiger partial charge on any atom is -0.497 e. The number of aromatic nitrogens is 2. The minimum atomic E-state index is -0.629. The van der Waals surface area contributed by atoms with Crippen LogP contribution in [0.1, 0.15) is 37.7 Å². The van der Waals surface area contributed by atoms with E-state index in [9.17, 15) is 14.0 Å². The molecule has 9 heteroatoms. The molecule has 2 fully saturated rings. The summed E-state index contributed by atoms with van der Waals surface area (Å²) in [4.78, 5) is 37.7. The molecule has 33 heavy (non-hydrogen) atoms. The summed E-state index contributed by atoms with van der Waals surface area (Å²) in [5.41, 5.74) is -0.146. The van der Waals surface area contributed by atoms with Gasteiger partial charge in [0, 0.05) is 57.0 Å². The van der Waals surface area contributed by atoms with Gasteiger partial charge in [-0.15, -0.1) is 0 Å². The van der Waals surface area contributed by atoms with Gasteiger partial charge in [0.05, 0.1) is 7.11 Å². The summed E-state index contributed by atoms with van der Waals surface area (Å²) in [6, 6.07) is 6.40. The molecule has 0 spiro atoms. The number of hydrogen-bond acceptors (Lipinski definition) is 6. The summed E-state index contributed by atoms with van der Waals surface area (Å²) in [7, 11) is 1.54. The van der Waals surface area contributed by atoms with Crippen LogP contribution in [0.25, 0.3) is 0 Å². The van der Waals surface area contributed by atoms with E-state index in [1.54, 1.807) is 30.6 Å². The van der Waals surface area contributed by atoms with E-state index in [1.807, 2.05) is 4.90 Å². The molecule has 4 rings (SSSR count). The first-order chi connectivity index (χ1) is 16.0. The van der Waals surface area contributed by atoms with E-state index in [2.05, 4.69) is 20.2 Å². The van der Waals surface area contributed by atoms with Gasteiger partial charge in [-0.25, -0.2) is 14.4 Å². The van der Waals surface area contributed by atoms with Crippen LogP contribution in [0.5, 0.6) is 5.75 Å². The van der Waals surface area contributed by atoms with Crippen molar-refractivity contribution in [2.24, 2.45) is 0 Å². The number of carbonyl (C=O) groups is 2. The van der Waals surface area contributed by atoms with Crippen LogP contribution in [-0.4, -0.2) is 65.5 Å². The molecule has 3 heterocycles. The summed E-state index contributed by atoms with van der Waals surface area (Å²) in [6.07, 6.45) is 6.33. The zero-order chi connectivity index (χ0) is 23.3. The molecule has 2 aliphatic rings. The molecule has 0 radical (unpaired) electrons. The molecule has 1 unspecified atom stereocenters. The molecule has 2 saturated heterocycles. The third-order valence-electron chi connectivity index (χ3n) is 6.52. The Hall–Kier alpha value is -3.23. The van der Waals surface area contributed by atoms with Crippen LogP contribution >= 0.6 is 0 Å². The summed E-state index contributed by atoms with van der Waals surface area (Å²) in [5, 5.41) is 3.04. The summed E-state index contributed by atoms with van der Waals surface area (Å²) in [5.74, 6) is 0.910. The highest BCUT2D eigenvalue weighted by Crippen LogP contribution is 2.32. The smallest absolute Gasteiger partial charge is 0.225 e. The van der Waals surface area contributed by atoms with Crippen molar-refractivity contribution in [2.45, 2.75) is 44.1 Å². The summed E-state index contributed by atoms with van der Waals surface area (Å²) in [6.45, 7) is 2.74. The highest BCUT2D eigenvalue weighted by atomic mass is 19.1. The molecular weight excluding hydrogens is 425 g/mol. The first kappa shape index (κ1) is 22.9. The number of amides is 2. The second-order valence-corrected chi connectivity index (χ2v) is 8.73. The fraction of sp³-hybridized carbons (Fsp3) is 0.500. The first-order valence-electron chi connectivity index (χ1n) is 11.4. The molecule has 2 aliphatic heterocycles. The Morgan fingerprint density at radius 3 is 2.76 bits per heavy atom. The Labute approximate surface area is 193 Å². The van der Waals surface area contributed by atoms with Gasteiger partial charge < -0.3 is 19.9 Å². The van der Waals surface area contributed by atoms with Crippen molar-refractivity contribution in [1.82, 2.24) is 20.2 Å². The normalized spacial score (nSPS) is 21.0. The Balaban J connectivity index is 1.39. The Morgan fingerprint density at radius 1 is 1.21 bits per heavy atom. The number of halogens is 1. The number of hydrogen-bond donors (Lipinski definition) is 1. The average molecular weight is 456 g/mol. The Morgan fingerprint density at radius 2 is 2.03 bits per heavy atom. The lowest BCUT2D eigenvalue weighted by Crippen LogP contribution is -2.45. The van der Waals surface area contributed by atoms with Crippen LogP contribution in [0.2, 0.25) is 0 Å². The largest absolute Gasteiger partial charge is 0.497 e. The first-order valence-corrected chi connectivity index (χ1v) is 11.4. The molecule has 8 nitrogen and oxygen atoms in total. The Kier molecular flexibility index (Phi) is 7.05. The molecule has 1 N–H and O–H groups in total. The SMILES string of the molecule is COc1ccc(F)c(CC2(CCC(=O)N3CCCN(c4ncccn4)CC3)CCC(=O)N2)c1. The number of nitrogens with zero attached hydrogens (tertiary/aromatic N) is 4. The number of rotatable bonds is 7. The third kappa shape index (κ3) is 5.58. The number of methoxy groups -OCH3 is 1. The van der Waals surface area contributed by atoms with E-state index in [0.29, 0.717) is 69.0 Å². The van der Waals surface area contributed by atoms with E-state index < -0.39 is 5.54 Å². The predicted octanol–water partition coefficient (Wildman–Crippen LogP) is 2.33. The molecular formula is C24H30FN5O3. The zero-order valence-electron chi connectivity index (χ0n) is 18.9. The molecule has 176 valence electrons. The van der Waals surface area contributed by atoms with Gasteiger partial charge >= 0.3 is 0 Å². The summed E-state index contributed by atoms with van der Waals surface area (Å²) < 4.78 is 19.7. The van der Waals surface area contributed by atoms with Crippen LogP contribution in [0.3, 0.4) is 0 Å². The van der Waals surface area contributed by atoms with Gasteiger partial charge in [0.2, 0.25) is 17.8 Å². The number of ether oxygens (including phenoxy) is 1. The standard InChI is InChI=1S/C24H30FN5O3/c1-33-19-4-5-20(25)18(16-19)17-24(8-6-21(31)28-24)9-7-22(32)29-12-3-13-30(15-14-29)23-26-10-2-11-27-23/h2,4-5,10-11,16H,3,6-9,12-15,17H2,1H3,(H,28,31). The molecule has 0 aliphatic carbocycles. The molecule has 2 aromatic rings. The van der Waals surface area contributed by atoms with Gasteiger partial charge in [-0.2, -0.15) is 0 Å². The van der Waals surface area contributed by atoms with Crippen molar-refractivity contribution in [3.8, 4) is 5.75 Å². The maximum Gasteiger partial charge on any atom is 0.225 e. The summed E-state index contributed by atoms with van der Waals surface area (Å²) >= 11 is 0. The van der Waals surface area contributed by atoms with Crippen molar-refractivity contribution >= 4 is 17.8 Å². The highest BCUT2D eigenvalue weighted by molar-refractivity contribution is 5.80. The van der Waals surface area contributed by atoms with Gasteiger partial charge in [0.1, 0.15) is 11.6 Å². The fourth-order valence-electron chi connectivity index (χ4n) is 4.69. The second kappa shape index (κ2) is 10.1. The van der Waals surface area contributed by atoms with Crippen molar-refractivity contribution in [2.75, 3.05) is 38.2 Å². The van der Waals surface area contributed by atoms with E-state index in [-0.39, 0.29) is 17.6 Å². The Bertz CT molecular complexity index is 989. The van der Waals surface area contributed by atoms with Crippen molar-refractivity contribution in [1.29, 1.82) is 0 Å². The zero-order valence-corrected chi connectivity index (χ0v) is 18.9. The van der Waals surface area contributed by atoms with Gasteiger partial charge in [0.25, 0.3) is 0 Å². The molecule has 1 aromatic carbocycles. The molecule has 0 saturated carbocycles. The maximum atomic E-state index is 14.5.